The monoisotopic (exact) mass is 417 g/mol. The van der Waals surface area contributed by atoms with Crippen LogP contribution in [0, 0.1) is 46.5 Å². The van der Waals surface area contributed by atoms with Crippen LogP contribution in [0.1, 0.15) is 60.3 Å². The number of allylic oxidation sites excluding steroid dienone is 7. The van der Waals surface area contributed by atoms with E-state index in [1.807, 2.05) is 19.1 Å². The third-order valence-corrected chi connectivity index (χ3v) is 7.93. The molecule has 0 bridgehead atoms. The Morgan fingerprint density at radius 2 is 2.06 bits per heavy atom. The largest absolute Gasteiger partial charge is 0.462 e. The first-order valence-corrected chi connectivity index (χ1v) is 11.6. The fourth-order valence-corrected chi connectivity index (χ4v) is 6.65. The van der Waals surface area contributed by atoms with E-state index >= 15 is 0 Å². The molecule has 1 saturated carbocycles. The van der Waals surface area contributed by atoms with Crippen molar-refractivity contribution in [1.82, 2.24) is 4.90 Å². The third kappa shape index (κ3) is 4.37. The molecule has 0 aromatic rings. The Kier molecular flexibility index (Phi) is 5.65. The number of hydrogen-bond donors (Lipinski definition) is 0. The minimum atomic E-state index is 0.113. The van der Waals surface area contributed by atoms with Gasteiger partial charge in [-0.25, -0.2) is 10.1 Å². The maximum Gasteiger partial charge on any atom is 0.269 e. The summed E-state index contributed by atoms with van der Waals surface area (Å²) >= 11 is 0. The molecule has 3 heterocycles. The molecule has 4 aliphatic rings. The topological polar surface area (TPSA) is 40.6 Å². The van der Waals surface area contributed by atoms with E-state index in [1.54, 1.807) is 6.08 Å². The predicted octanol–water partition coefficient (Wildman–Crippen LogP) is 6.23. The smallest absolute Gasteiger partial charge is 0.269 e. The Bertz CT molecular complexity index is 934. The lowest BCUT2D eigenvalue weighted by Gasteiger charge is -2.61. The van der Waals surface area contributed by atoms with E-state index in [1.165, 1.54) is 38.8 Å². The maximum absolute atomic E-state index is 9.23. The Hall–Kier alpha value is -2.30. The molecule has 4 heteroatoms. The quantitative estimate of drug-likeness (QED) is 0.395. The molecule has 3 fully saturated rings. The number of piperidine rings is 2. The maximum atomic E-state index is 9.23. The number of nitrogens with zero attached hydrogens (tertiary/aromatic N) is 3. The number of rotatable bonds is 2. The van der Waals surface area contributed by atoms with Crippen molar-refractivity contribution in [2.75, 3.05) is 13.1 Å². The summed E-state index contributed by atoms with van der Waals surface area (Å²) < 4.78 is 5.89. The zero-order valence-corrected chi connectivity index (χ0v) is 19.6. The van der Waals surface area contributed by atoms with Gasteiger partial charge >= 0.3 is 0 Å². The molecule has 3 aliphatic heterocycles. The fourth-order valence-electron chi connectivity index (χ4n) is 6.65. The Morgan fingerprint density at radius 3 is 2.77 bits per heavy atom. The summed E-state index contributed by atoms with van der Waals surface area (Å²) in [5.74, 6) is 3.47. The molecule has 4 rings (SSSR count). The average Bonchev–Trinajstić information content (AvgIpc) is 2.69. The van der Waals surface area contributed by atoms with Gasteiger partial charge in [0.05, 0.1) is 12.6 Å². The van der Waals surface area contributed by atoms with E-state index in [-0.39, 0.29) is 5.70 Å². The summed E-state index contributed by atoms with van der Waals surface area (Å²) in [6.07, 6.45) is 13.1. The van der Waals surface area contributed by atoms with Crippen molar-refractivity contribution in [3.8, 4) is 6.07 Å². The van der Waals surface area contributed by atoms with Crippen LogP contribution in [0.5, 0.6) is 0 Å². The summed E-state index contributed by atoms with van der Waals surface area (Å²) in [4.78, 5) is 6.17. The first kappa shape index (κ1) is 21.9. The lowest BCUT2D eigenvalue weighted by molar-refractivity contribution is -0.112. The summed E-state index contributed by atoms with van der Waals surface area (Å²) in [6.45, 7) is 21.4. The Balaban J connectivity index is 1.57. The van der Waals surface area contributed by atoms with Gasteiger partial charge in [-0.1, -0.05) is 33.8 Å². The molecule has 0 N–H and O–H groups in total. The van der Waals surface area contributed by atoms with Crippen LogP contribution in [0.3, 0.4) is 0 Å². The van der Waals surface area contributed by atoms with E-state index < -0.39 is 0 Å². The highest BCUT2D eigenvalue weighted by Gasteiger charge is 2.53. The van der Waals surface area contributed by atoms with E-state index in [0.717, 1.165) is 29.4 Å². The molecular weight excluding hydrogens is 382 g/mol. The van der Waals surface area contributed by atoms with Gasteiger partial charge in [0.2, 0.25) is 0 Å². The molecule has 4 nitrogen and oxygen atoms in total. The van der Waals surface area contributed by atoms with E-state index in [4.69, 9.17) is 11.3 Å². The van der Waals surface area contributed by atoms with Crippen molar-refractivity contribution >= 4 is 0 Å². The molecule has 0 aromatic carbocycles. The van der Waals surface area contributed by atoms with E-state index in [0.29, 0.717) is 22.3 Å². The molecule has 0 aromatic heterocycles. The van der Waals surface area contributed by atoms with Gasteiger partial charge < -0.3 is 4.74 Å². The van der Waals surface area contributed by atoms with Crippen LogP contribution < -0.4 is 0 Å². The molecule has 31 heavy (non-hydrogen) atoms. The van der Waals surface area contributed by atoms with Crippen molar-refractivity contribution in [3.63, 3.8) is 0 Å². The number of nitriles is 1. The lowest BCUT2D eigenvalue weighted by Crippen LogP contribution is -2.63. The summed E-state index contributed by atoms with van der Waals surface area (Å²) in [5.41, 5.74) is 1.54. The van der Waals surface area contributed by atoms with Crippen molar-refractivity contribution in [2.24, 2.45) is 28.6 Å². The molecule has 1 aliphatic carbocycles. The van der Waals surface area contributed by atoms with Crippen LogP contribution >= 0.6 is 0 Å². The van der Waals surface area contributed by atoms with Gasteiger partial charge in [-0.15, -0.1) is 0 Å². The lowest BCUT2D eigenvalue weighted by atomic mass is 9.55. The molecular formula is C27H35N3O. The second kappa shape index (κ2) is 7.99. The van der Waals surface area contributed by atoms with Gasteiger partial charge in [0, 0.05) is 12.6 Å². The van der Waals surface area contributed by atoms with Crippen molar-refractivity contribution < 1.29 is 4.74 Å². The average molecular weight is 418 g/mol. The summed E-state index contributed by atoms with van der Waals surface area (Å²) in [5, 5.41) is 9.23. The zero-order valence-electron chi connectivity index (χ0n) is 19.6. The Labute approximate surface area is 187 Å². The van der Waals surface area contributed by atoms with Gasteiger partial charge in [-0.05, 0) is 91.5 Å². The van der Waals surface area contributed by atoms with Gasteiger partial charge in [0.25, 0.3) is 5.70 Å². The minimum Gasteiger partial charge on any atom is -0.462 e. The summed E-state index contributed by atoms with van der Waals surface area (Å²) in [6, 6.07) is 2.73. The molecule has 0 spiro atoms. The highest BCUT2D eigenvalue weighted by atomic mass is 16.5. The van der Waals surface area contributed by atoms with Crippen LogP contribution in [0.2, 0.25) is 0 Å². The van der Waals surface area contributed by atoms with Gasteiger partial charge in [-0.3, -0.25) is 4.90 Å². The van der Waals surface area contributed by atoms with Crippen molar-refractivity contribution in [3.05, 3.63) is 58.5 Å². The third-order valence-electron chi connectivity index (χ3n) is 7.93. The highest BCUT2D eigenvalue weighted by molar-refractivity contribution is 5.49. The van der Waals surface area contributed by atoms with Crippen LogP contribution in [0.4, 0.5) is 0 Å². The first-order valence-electron chi connectivity index (χ1n) is 11.6. The molecule has 0 radical (unpaired) electrons. The van der Waals surface area contributed by atoms with Crippen molar-refractivity contribution in [2.45, 2.75) is 66.3 Å². The molecule has 4 unspecified atom stereocenters. The molecule has 4 atom stereocenters. The minimum absolute atomic E-state index is 0.113. The molecule has 2 saturated heterocycles. The van der Waals surface area contributed by atoms with Gasteiger partial charge in [-0.2, -0.15) is 0 Å². The Morgan fingerprint density at radius 1 is 1.29 bits per heavy atom. The van der Waals surface area contributed by atoms with E-state index in [2.05, 4.69) is 49.6 Å². The highest BCUT2D eigenvalue weighted by Crippen LogP contribution is 2.55. The van der Waals surface area contributed by atoms with E-state index in [9.17, 15) is 5.26 Å². The number of ether oxygens (including phenoxy) is 1. The SMILES string of the molecule is [C-]#[N+]/C(C#N)=C1\C=C(C)OC(/C=C/C2CC3CC(C)(C)CN4CCC(C)(C)C(C2)C34)=C1. The van der Waals surface area contributed by atoms with Crippen LogP contribution in [0.25, 0.3) is 4.85 Å². The second-order valence-corrected chi connectivity index (χ2v) is 11.5. The molecule has 0 amide bonds. The molecule has 164 valence electrons. The van der Waals surface area contributed by atoms with Gasteiger partial charge in [0.15, 0.2) is 0 Å². The standard InChI is InChI=1S/C27H35N3O/c1-18-11-20(24(16-28)29-6)14-22(31-18)8-7-19-12-21-15-26(2,3)17-30-10-9-27(4,5)23(13-19)25(21)30/h7-8,11,14,19,21,23,25H,9-10,12-13,15,17H2,1-5H3/b8-7+,24-20+. The number of hydrogen-bond acceptors (Lipinski definition) is 3. The normalized spacial score (nSPS) is 35.7. The van der Waals surface area contributed by atoms with Crippen molar-refractivity contribution in [1.29, 1.82) is 5.26 Å². The van der Waals surface area contributed by atoms with Crippen LogP contribution in [-0.2, 0) is 4.74 Å². The van der Waals surface area contributed by atoms with Crippen LogP contribution in [0.15, 0.2) is 47.1 Å². The first-order chi connectivity index (χ1) is 14.6. The predicted molar refractivity (Wildman–Crippen MR) is 123 cm³/mol. The summed E-state index contributed by atoms with van der Waals surface area (Å²) in [7, 11) is 0. The fraction of sp³-hybridized carbons (Fsp3) is 0.630. The van der Waals surface area contributed by atoms with Crippen LogP contribution in [-0.4, -0.2) is 24.0 Å². The zero-order chi connectivity index (χ0) is 22.4. The van der Waals surface area contributed by atoms with Gasteiger partial charge in [0.1, 0.15) is 11.5 Å². The second-order valence-electron chi connectivity index (χ2n) is 11.5.